The summed E-state index contributed by atoms with van der Waals surface area (Å²) >= 11 is 0. The summed E-state index contributed by atoms with van der Waals surface area (Å²) in [6.45, 7) is 14.2. The minimum Gasteiger partial charge on any atom is -0.326 e. The van der Waals surface area contributed by atoms with Crippen LogP contribution in [0.2, 0.25) is 0 Å². The highest BCUT2D eigenvalue weighted by atomic mass is 31.2. The first kappa shape index (κ1) is 41.0. The van der Waals surface area contributed by atoms with Gasteiger partial charge in [-0.3, -0.25) is 4.57 Å². The third-order valence-electron chi connectivity index (χ3n) is 12.0. The first-order valence-electron chi connectivity index (χ1n) is 21.5. The fourth-order valence-electron chi connectivity index (χ4n) is 9.03. The largest absolute Gasteiger partial charge is 0.326 e. The molecule has 10 heteroatoms. The number of imidazole rings is 2. The molecule has 0 amide bonds. The van der Waals surface area contributed by atoms with Crippen LogP contribution in [0.25, 0.3) is 78.5 Å². The second-order valence-corrected chi connectivity index (χ2v) is 18.8. The van der Waals surface area contributed by atoms with Crippen LogP contribution in [0.1, 0.15) is 42.5 Å². The van der Waals surface area contributed by atoms with Crippen molar-refractivity contribution in [3.63, 3.8) is 0 Å². The molecule has 0 aliphatic carbocycles. The standard InChI is InChI=1S/C52H52N7O2P/c1-8-58-48-26-22-38(50-56-53-33-57(50)6)31-46(48)54-51(58)44-18-12-10-17-43(44)41-25-21-37(30-36(41)5)15-14-28-59-49-27-23-39(62(7,60)61-9-2)32-47(49)55-52(59)45-19-13-11-16-42(45)40-24-20-34(3)29-35(40)4/h10-13,16-27,29-33H,8-9,14-15,28H2,1-7H3. The van der Waals surface area contributed by atoms with Gasteiger partial charge in [0.25, 0.3) is 0 Å². The lowest BCUT2D eigenvalue weighted by atomic mass is 9.93. The molecule has 0 spiro atoms. The SMILES string of the molecule is CCOP(C)(=O)c1ccc2c(c1)nc(-c1ccccc1-c1ccc(C)cc1C)n2CCCc1ccc(-c2ccccc2-c2nc3cc(-c4nncn4C)ccc3n2CC)c(C)c1. The van der Waals surface area contributed by atoms with E-state index >= 15 is 0 Å². The molecule has 0 aliphatic rings. The molecule has 312 valence electrons. The Labute approximate surface area is 363 Å². The Morgan fingerprint density at radius 3 is 1.87 bits per heavy atom. The van der Waals surface area contributed by atoms with E-state index in [1.54, 1.807) is 13.0 Å². The summed E-state index contributed by atoms with van der Waals surface area (Å²) in [7, 11) is -1.04. The van der Waals surface area contributed by atoms with E-state index in [0.717, 1.165) is 93.3 Å². The zero-order valence-electron chi connectivity index (χ0n) is 36.6. The average Bonchev–Trinajstić information content (AvgIpc) is 3.98. The summed E-state index contributed by atoms with van der Waals surface area (Å²) in [5.74, 6) is 2.67. The number of aryl methyl sites for hydroxylation is 7. The normalized spacial score (nSPS) is 12.7. The maximum absolute atomic E-state index is 13.5. The first-order valence-corrected chi connectivity index (χ1v) is 23.6. The Balaban J connectivity index is 1.03. The van der Waals surface area contributed by atoms with Crippen LogP contribution in [0.4, 0.5) is 0 Å². The van der Waals surface area contributed by atoms with Gasteiger partial charge in [-0.2, -0.15) is 0 Å². The minimum atomic E-state index is -2.99. The van der Waals surface area contributed by atoms with Gasteiger partial charge >= 0.3 is 0 Å². The van der Waals surface area contributed by atoms with Gasteiger partial charge in [-0.25, -0.2) is 9.97 Å². The Bertz CT molecular complexity index is 3170. The first-order chi connectivity index (χ1) is 30.0. The van der Waals surface area contributed by atoms with Crippen molar-refractivity contribution in [1.29, 1.82) is 0 Å². The molecule has 0 aliphatic heterocycles. The monoisotopic (exact) mass is 837 g/mol. The summed E-state index contributed by atoms with van der Waals surface area (Å²) in [5.41, 5.74) is 16.7. The van der Waals surface area contributed by atoms with Gasteiger partial charge in [-0.1, -0.05) is 90.5 Å². The fraction of sp³-hybridized carbons (Fsp3) is 0.231. The van der Waals surface area contributed by atoms with Crippen molar-refractivity contribution in [2.45, 2.75) is 60.5 Å². The van der Waals surface area contributed by atoms with Crippen molar-refractivity contribution in [3.8, 4) is 56.4 Å². The van der Waals surface area contributed by atoms with Crippen LogP contribution in [0, 0.1) is 20.8 Å². The van der Waals surface area contributed by atoms with Gasteiger partial charge in [0, 0.05) is 48.8 Å². The lowest BCUT2D eigenvalue weighted by Crippen LogP contribution is -2.07. The third kappa shape index (κ3) is 7.61. The smallest absolute Gasteiger partial charge is 0.229 e. The molecule has 62 heavy (non-hydrogen) atoms. The maximum atomic E-state index is 13.5. The van der Waals surface area contributed by atoms with Crippen LogP contribution in [-0.2, 0) is 35.6 Å². The zero-order chi connectivity index (χ0) is 43.1. The van der Waals surface area contributed by atoms with E-state index in [4.69, 9.17) is 14.5 Å². The van der Waals surface area contributed by atoms with Crippen molar-refractivity contribution in [2.75, 3.05) is 13.3 Å². The molecule has 1 unspecified atom stereocenters. The molecular weight excluding hydrogens is 786 g/mol. The van der Waals surface area contributed by atoms with Gasteiger partial charge in [0.05, 0.1) is 28.7 Å². The third-order valence-corrected chi connectivity index (χ3v) is 14.0. The number of rotatable bonds is 13. The van der Waals surface area contributed by atoms with Crippen molar-refractivity contribution in [3.05, 3.63) is 150 Å². The van der Waals surface area contributed by atoms with E-state index < -0.39 is 7.37 Å². The number of benzene rings is 6. The van der Waals surface area contributed by atoms with E-state index in [0.29, 0.717) is 11.9 Å². The number of hydrogen-bond acceptors (Lipinski definition) is 6. The van der Waals surface area contributed by atoms with E-state index in [2.05, 4.69) is 156 Å². The molecule has 0 radical (unpaired) electrons. The Kier molecular flexibility index (Phi) is 11.1. The summed E-state index contributed by atoms with van der Waals surface area (Å²) in [6, 6.07) is 43.0. The topological polar surface area (TPSA) is 92.7 Å². The summed E-state index contributed by atoms with van der Waals surface area (Å²) in [5, 5.41) is 9.09. The molecule has 1 atom stereocenters. The van der Waals surface area contributed by atoms with Crippen LogP contribution in [-0.4, -0.2) is 47.1 Å². The number of hydrogen-bond donors (Lipinski definition) is 0. The van der Waals surface area contributed by atoms with Gasteiger partial charge in [-0.15, -0.1) is 10.2 Å². The molecule has 0 bridgehead atoms. The van der Waals surface area contributed by atoms with Crippen LogP contribution >= 0.6 is 7.37 Å². The van der Waals surface area contributed by atoms with Crippen molar-refractivity contribution in [2.24, 2.45) is 7.05 Å². The highest BCUT2D eigenvalue weighted by Crippen LogP contribution is 2.43. The van der Waals surface area contributed by atoms with Crippen LogP contribution in [0.3, 0.4) is 0 Å². The summed E-state index contributed by atoms with van der Waals surface area (Å²) in [4.78, 5) is 10.5. The lowest BCUT2D eigenvalue weighted by molar-refractivity contribution is 0.345. The number of aromatic nitrogens is 7. The van der Waals surface area contributed by atoms with Crippen molar-refractivity contribution >= 4 is 34.7 Å². The van der Waals surface area contributed by atoms with E-state index in [-0.39, 0.29) is 0 Å². The predicted molar refractivity (Wildman–Crippen MR) is 254 cm³/mol. The Morgan fingerprint density at radius 1 is 0.629 bits per heavy atom. The van der Waals surface area contributed by atoms with Gasteiger partial charge in [-0.05, 0) is 123 Å². The molecule has 0 N–H and O–H groups in total. The second-order valence-electron chi connectivity index (χ2n) is 16.3. The van der Waals surface area contributed by atoms with Gasteiger partial charge in [0.2, 0.25) is 7.37 Å². The summed E-state index contributed by atoms with van der Waals surface area (Å²) in [6.07, 6.45) is 3.52. The molecule has 9 aromatic rings. The molecule has 3 heterocycles. The average molecular weight is 838 g/mol. The molecular formula is C52H52N7O2P. The van der Waals surface area contributed by atoms with E-state index in [1.807, 2.05) is 30.7 Å². The van der Waals surface area contributed by atoms with Crippen LogP contribution in [0.15, 0.2) is 128 Å². The van der Waals surface area contributed by atoms with Crippen LogP contribution < -0.4 is 5.30 Å². The number of nitrogens with zero attached hydrogens (tertiary/aromatic N) is 7. The van der Waals surface area contributed by atoms with Gasteiger partial charge < -0.3 is 18.2 Å². The lowest BCUT2D eigenvalue weighted by Gasteiger charge is -2.16. The Morgan fingerprint density at radius 2 is 1.24 bits per heavy atom. The molecule has 0 saturated heterocycles. The second kappa shape index (κ2) is 16.8. The zero-order valence-corrected chi connectivity index (χ0v) is 37.4. The number of fused-ring (bicyclic) bond motifs is 2. The maximum Gasteiger partial charge on any atom is 0.229 e. The van der Waals surface area contributed by atoms with Crippen molar-refractivity contribution in [1.82, 2.24) is 33.9 Å². The fourth-order valence-corrected chi connectivity index (χ4v) is 10.4. The molecule has 9 nitrogen and oxygen atoms in total. The van der Waals surface area contributed by atoms with Crippen molar-refractivity contribution < 1.29 is 9.09 Å². The van der Waals surface area contributed by atoms with E-state index in [1.165, 1.54) is 33.4 Å². The summed E-state index contributed by atoms with van der Waals surface area (Å²) < 4.78 is 25.8. The minimum absolute atomic E-state index is 0.385. The highest BCUT2D eigenvalue weighted by molar-refractivity contribution is 7.66. The molecule has 9 rings (SSSR count). The molecule has 3 aromatic heterocycles. The quantitative estimate of drug-likeness (QED) is 0.107. The molecule has 6 aromatic carbocycles. The van der Waals surface area contributed by atoms with Gasteiger partial charge in [0.15, 0.2) is 5.82 Å². The van der Waals surface area contributed by atoms with Crippen LogP contribution in [0.5, 0.6) is 0 Å². The molecule has 0 saturated carbocycles. The van der Waals surface area contributed by atoms with E-state index in [9.17, 15) is 4.57 Å². The predicted octanol–water partition coefficient (Wildman–Crippen LogP) is 12.0. The highest BCUT2D eigenvalue weighted by Gasteiger charge is 2.23. The Hall–Kier alpha value is -6.41. The molecule has 0 fully saturated rings. The van der Waals surface area contributed by atoms with Gasteiger partial charge in [0.1, 0.15) is 18.0 Å².